The molecule has 90 valence electrons. The van der Waals surface area contributed by atoms with E-state index in [4.69, 9.17) is 0 Å². The van der Waals surface area contributed by atoms with Crippen molar-refractivity contribution in [2.24, 2.45) is 11.8 Å². The smallest absolute Gasteiger partial charge is 0.0388 e. The lowest BCUT2D eigenvalue weighted by Crippen LogP contribution is -2.37. The van der Waals surface area contributed by atoms with Crippen LogP contribution in [0.3, 0.4) is 0 Å². The second-order valence-corrected chi connectivity index (χ2v) is 6.50. The van der Waals surface area contributed by atoms with Gasteiger partial charge in [0.15, 0.2) is 0 Å². The molecule has 1 fully saturated rings. The first-order chi connectivity index (χ1) is 7.65. The van der Waals surface area contributed by atoms with Gasteiger partial charge in [0.1, 0.15) is 0 Å². The zero-order valence-electron chi connectivity index (χ0n) is 10.6. The first-order valence-corrected chi connectivity index (χ1v) is 7.32. The van der Waals surface area contributed by atoms with Crippen LogP contribution in [0.25, 0.3) is 0 Å². The van der Waals surface area contributed by atoms with E-state index in [-0.39, 0.29) is 0 Å². The van der Waals surface area contributed by atoms with Crippen molar-refractivity contribution in [3.05, 3.63) is 22.4 Å². The van der Waals surface area contributed by atoms with Gasteiger partial charge in [-0.15, -0.1) is 11.3 Å². The van der Waals surface area contributed by atoms with Crippen LogP contribution in [0.15, 0.2) is 17.5 Å². The molecule has 0 radical (unpaired) electrons. The Bertz CT molecular complexity index is 297. The van der Waals surface area contributed by atoms with E-state index in [0.29, 0.717) is 6.04 Å². The quantitative estimate of drug-likeness (QED) is 0.830. The van der Waals surface area contributed by atoms with Gasteiger partial charge in [-0.05, 0) is 49.5 Å². The minimum atomic E-state index is 0.516. The normalized spacial score (nSPS) is 32.6. The Labute approximate surface area is 103 Å². The van der Waals surface area contributed by atoms with Crippen LogP contribution >= 0.6 is 11.3 Å². The summed E-state index contributed by atoms with van der Waals surface area (Å²) in [5, 5.41) is 5.96. The average Bonchev–Trinajstić information content (AvgIpc) is 2.68. The minimum Gasteiger partial charge on any atom is -0.307 e. The molecule has 1 aromatic heterocycles. The number of nitrogens with one attached hydrogen (secondary N) is 1. The van der Waals surface area contributed by atoms with E-state index in [9.17, 15) is 0 Å². The van der Waals surface area contributed by atoms with Crippen LogP contribution in [0, 0.1) is 11.8 Å². The molecule has 1 nitrogen and oxygen atoms in total. The van der Waals surface area contributed by atoms with E-state index in [1.807, 2.05) is 11.3 Å². The second-order valence-electron chi connectivity index (χ2n) is 5.52. The minimum absolute atomic E-state index is 0.516. The summed E-state index contributed by atoms with van der Waals surface area (Å²) in [6.45, 7) is 7.07. The maximum absolute atomic E-state index is 3.79. The monoisotopic (exact) mass is 237 g/mol. The van der Waals surface area contributed by atoms with Crippen molar-refractivity contribution in [1.82, 2.24) is 5.32 Å². The van der Waals surface area contributed by atoms with Crippen molar-refractivity contribution in [3.8, 4) is 0 Å². The highest BCUT2D eigenvalue weighted by atomic mass is 32.1. The molecule has 0 spiro atoms. The van der Waals surface area contributed by atoms with Gasteiger partial charge in [-0.1, -0.05) is 19.9 Å². The van der Waals surface area contributed by atoms with Gasteiger partial charge < -0.3 is 5.32 Å². The first-order valence-electron chi connectivity index (χ1n) is 6.44. The predicted molar refractivity (Wildman–Crippen MR) is 71.8 cm³/mol. The molecule has 2 unspecified atom stereocenters. The summed E-state index contributed by atoms with van der Waals surface area (Å²) >= 11 is 1.86. The molecule has 0 aliphatic heterocycles. The Morgan fingerprint density at radius 1 is 1.25 bits per heavy atom. The third-order valence-electron chi connectivity index (χ3n) is 3.63. The van der Waals surface area contributed by atoms with E-state index >= 15 is 0 Å². The molecule has 16 heavy (non-hydrogen) atoms. The summed E-state index contributed by atoms with van der Waals surface area (Å²) in [5.74, 6) is 1.77. The van der Waals surface area contributed by atoms with Crippen LogP contribution < -0.4 is 5.32 Å². The van der Waals surface area contributed by atoms with Gasteiger partial charge in [0.05, 0.1) is 0 Å². The third kappa shape index (κ3) is 3.08. The van der Waals surface area contributed by atoms with Gasteiger partial charge in [-0.2, -0.15) is 0 Å². The molecule has 2 rings (SSSR count). The molecule has 1 heterocycles. The molecule has 0 amide bonds. The zero-order chi connectivity index (χ0) is 11.5. The molecule has 0 saturated heterocycles. The predicted octanol–water partition coefficient (Wildman–Crippen LogP) is 4.22. The molecular formula is C14H23NS. The molecule has 0 bridgehead atoms. The van der Waals surface area contributed by atoms with Crippen LogP contribution in [0.1, 0.15) is 51.0 Å². The number of rotatable bonds is 3. The first kappa shape index (κ1) is 12.1. The molecule has 2 heteroatoms. The van der Waals surface area contributed by atoms with Crippen molar-refractivity contribution in [2.45, 2.75) is 52.1 Å². The van der Waals surface area contributed by atoms with E-state index in [1.54, 1.807) is 0 Å². The summed E-state index contributed by atoms with van der Waals surface area (Å²) in [7, 11) is 0. The van der Waals surface area contributed by atoms with Gasteiger partial charge in [0.25, 0.3) is 0 Å². The SMILES string of the molecule is CC1CC(C)CC(N[C@@H](C)c2cccs2)C1. The van der Waals surface area contributed by atoms with Gasteiger partial charge in [0, 0.05) is 17.0 Å². The van der Waals surface area contributed by atoms with Gasteiger partial charge >= 0.3 is 0 Å². The Kier molecular flexibility index (Phi) is 4.04. The molecule has 1 aliphatic carbocycles. The highest BCUT2D eigenvalue weighted by Crippen LogP contribution is 2.30. The lowest BCUT2D eigenvalue weighted by molar-refractivity contribution is 0.229. The van der Waals surface area contributed by atoms with Crippen molar-refractivity contribution >= 4 is 11.3 Å². The van der Waals surface area contributed by atoms with Crippen LogP contribution in [-0.2, 0) is 0 Å². The number of thiophene rings is 1. The average molecular weight is 237 g/mol. The fraction of sp³-hybridized carbons (Fsp3) is 0.714. The summed E-state index contributed by atoms with van der Waals surface area (Å²) < 4.78 is 0. The van der Waals surface area contributed by atoms with Crippen molar-refractivity contribution in [1.29, 1.82) is 0 Å². The largest absolute Gasteiger partial charge is 0.307 e. The fourth-order valence-corrected chi connectivity index (χ4v) is 3.80. The van der Waals surface area contributed by atoms with Crippen LogP contribution in [0.5, 0.6) is 0 Å². The van der Waals surface area contributed by atoms with Crippen LogP contribution in [0.4, 0.5) is 0 Å². The van der Waals surface area contributed by atoms with E-state index in [2.05, 4.69) is 43.6 Å². The maximum Gasteiger partial charge on any atom is 0.0388 e. The van der Waals surface area contributed by atoms with Crippen molar-refractivity contribution < 1.29 is 0 Å². The molecule has 3 atom stereocenters. The topological polar surface area (TPSA) is 12.0 Å². The Morgan fingerprint density at radius 2 is 1.94 bits per heavy atom. The Hall–Kier alpha value is -0.340. The number of hydrogen-bond donors (Lipinski definition) is 1. The summed E-state index contributed by atoms with van der Waals surface area (Å²) in [4.78, 5) is 1.46. The van der Waals surface area contributed by atoms with Gasteiger partial charge in [0.2, 0.25) is 0 Å². The summed E-state index contributed by atoms with van der Waals surface area (Å²) in [6, 6.07) is 5.61. The lowest BCUT2D eigenvalue weighted by Gasteiger charge is -2.33. The van der Waals surface area contributed by atoms with Crippen molar-refractivity contribution in [2.75, 3.05) is 0 Å². The highest BCUT2D eigenvalue weighted by Gasteiger charge is 2.24. The molecule has 1 saturated carbocycles. The molecule has 1 N–H and O–H groups in total. The lowest BCUT2D eigenvalue weighted by atomic mass is 9.80. The molecule has 0 aromatic carbocycles. The summed E-state index contributed by atoms with van der Waals surface area (Å²) in [5.41, 5.74) is 0. The Morgan fingerprint density at radius 3 is 2.50 bits per heavy atom. The Balaban J connectivity index is 1.89. The molecule has 1 aromatic rings. The molecular weight excluding hydrogens is 214 g/mol. The summed E-state index contributed by atoms with van der Waals surface area (Å²) in [6.07, 6.45) is 4.10. The number of hydrogen-bond acceptors (Lipinski definition) is 2. The second kappa shape index (κ2) is 5.33. The highest BCUT2D eigenvalue weighted by molar-refractivity contribution is 7.10. The van der Waals surface area contributed by atoms with Gasteiger partial charge in [-0.25, -0.2) is 0 Å². The van der Waals surface area contributed by atoms with Crippen LogP contribution in [-0.4, -0.2) is 6.04 Å². The van der Waals surface area contributed by atoms with Gasteiger partial charge in [-0.3, -0.25) is 0 Å². The van der Waals surface area contributed by atoms with E-state index in [0.717, 1.165) is 17.9 Å². The van der Waals surface area contributed by atoms with Crippen molar-refractivity contribution in [3.63, 3.8) is 0 Å². The van der Waals surface area contributed by atoms with E-state index in [1.165, 1.54) is 24.1 Å². The fourth-order valence-electron chi connectivity index (χ4n) is 3.06. The standard InChI is InChI=1S/C14H23NS/c1-10-7-11(2)9-13(8-10)15-12(3)14-5-4-6-16-14/h4-6,10-13,15H,7-9H2,1-3H3/t10?,11?,12-,13?/m0/s1. The maximum atomic E-state index is 3.79. The third-order valence-corrected chi connectivity index (χ3v) is 4.69. The van der Waals surface area contributed by atoms with Crippen LogP contribution in [0.2, 0.25) is 0 Å². The van der Waals surface area contributed by atoms with E-state index < -0.39 is 0 Å². The zero-order valence-corrected chi connectivity index (χ0v) is 11.4. The molecule has 1 aliphatic rings.